The van der Waals surface area contributed by atoms with Gasteiger partial charge in [-0.25, -0.2) is 4.79 Å². The summed E-state index contributed by atoms with van der Waals surface area (Å²) in [4.78, 5) is 13.5. The van der Waals surface area contributed by atoms with Crippen LogP contribution in [0.4, 0.5) is 36.8 Å². The lowest BCUT2D eigenvalue weighted by molar-refractivity contribution is -0.138. The number of para-hydroxylation sites is 1. The molecule has 0 unspecified atom stereocenters. The van der Waals surface area contributed by atoms with Gasteiger partial charge < -0.3 is 18.8 Å². The normalized spacial score (nSPS) is 12.1. The summed E-state index contributed by atoms with van der Waals surface area (Å²) in [5.74, 6) is 0.0458. The molecule has 41 heavy (non-hydrogen) atoms. The van der Waals surface area contributed by atoms with Crippen LogP contribution in [0.1, 0.15) is 22.5 Å². The SMILES string of the molecule is O=C(Nc1ccccc1C(F)(F)F)N(Cc1cccc(OS(=O)(=O)c2cccc(C(F)(F)F)c2)c1)Cc1ccco1. The van der Waals surface area contributed by atoms with E-state index in [2.05, 4.69) is 5.32 Å². The minimum atomic E-state index is -4.77. The zero-order valence-corrected chi connectivity index (χ0v) is 21.6. The molecule has 0 atom stereocenters. The molecule has 0 saturated carbocycles. The first-order chi connectivity index (χ1) is 19.2. The Bertz CT molecular complexity index is 1620. The zero-order valence-electron chi connectivity index (χ0n) is 20.7. The number of amides is 2. The Labute approximate surface area is 230 Å². The summed E-state index contributed by atoms with van der Waals surface area (Å²) >= 11 is 0. The molecule has 7 nitrogen and oxygen atoms in total. The fourth-order valence-electron chi connectivity index (χ4n) is 3.74. The molecule has 0 saturated heterocycles. The molecule has 0 aliphatic rings. The third kappa shape index (κ3) is 7.60. The molecule has 216 valence electrons. The van der Waals surface area contributed by atoms with Gasteiger partial charge in [-0.1, -0.05) is 30.3 Å². The van der Waals surface area contributed by atoms with Crippen molar-refractivity contribution in [3.8, 4) is 5.75 Å². The molecular formula is C27H20F6N2O5S. The molecule has 2 amide bonds. The third-order valence-corrected chi connectivity index (χ3v) is 6.86. The molecule has 0 spiro atoms. The number of rotatable bonds is 8. The van der Waals surface area contributed by atoms with Crippen LogP contribution in [0.25, 0.3) is 0 Å². The van der Waals surface area contributed by atoms with Crippen LogP contribution in [0.3, 0.4) is 0 Å². The fourth-order valence-corrected chi connectivity index (χ4v) is 4.71. The van der Waals surface area contributed by atoms with Gasteiger partial charge in [0.05, 0.1) is 29.6 Å². The quantitative estimate of drug-likeness (QED) is 0.170. The van der Waals surface area contributed by atoms with Gasteiger partial charge >= 0.3 is 28.5 Å². The lowest BCUT2D eigenvalue weighted by atomic mass is 10.1. The van der Waals surface area contributed by atoms with E-state index in [9.17, 15) is 39.6 Å². The van der Waals surface area contributed by atoms with E-state index in [-0.39, 0.29) is 18.8 Å². The Morgan fingerprint density at radius 2 is 1.56 bits per heavy atom. The number of carbonyl (C=O) groups excluding carboxylic acids is 1. The van der Waals surface area contributed by atoms with E-state index in [1.165, 1.54) is 42.7 Å². The lowest BCUT2D eigenvalue weighted by Crippen LogP contribution is -2.34. The molecule has 0 aliphatic carbocycles. The third-order valence-electron chi connectivity index (χ3n) is 5.62. The number of hydrogen-bond acceptors (Lipinski definition) is 5. The number of nitrogens with one attached hydrogen (secondary N) is 1. The Morgan fingerprint density at radius 3 is 2.24 bits per heavy atom. The highest BCUT2D eigenvalue weighted by atomic mass is 32.2. The van der Waals surface area contributed by atoms with Crippen molar-refractivity contribution >= 4 is 21.8 Å². The smallest absolute Gasteiger partial charge is 0.418 e. The molecule has 1 N–H and O–H groups in total. The number of furan rings is 1. The number of anilines is 1. The first kappa shape index (κ1) is 29.5. The maximum Gasteiger partial charge on any atom is 0.418 e. The highest BCUT2D eigenvalue weighted by Crippen LogP contribution is 2.35. The maximum atomic E-state index is 13.4. The zero-order chi connectivity index (χ0) is 29.8. The molecule has 14 heteroatoms. The number of nitrogens with zero attached hydrogens (tertiary/aromatic N) is 1. The number of alkyl halides is 6. The fraction of sp³-hybridized carbons (Fsp3) is 0.148. The summed E-state index contributed by atoms with van der Waals surface area (Å²) in [6.07, 6.45) is -8.16. The molecule has 0 bridgehead atoms. The van der Waals surface area contributed by atoms with Crippen LogP contribution in [0.5, 0.6) is 5.75 Å². The van der Waals surface area contributed by atoms with E-state index in [0.29, 0.717) is 23.5 Å². The van der Waals surface area contributed by atoms with Gasteiger partial charge in [0.15, 0.2) is 0 Å². The molecule has 0 radical (unpaired) electrons. The largest absolute Gasteiger partial charge is 0.467 e. The van der Waals surface area contributed by atoms with Crippen molar-refractivity contribution in [1.29, 1.82) is 0 Å². The Kier molecular flexibility index (Phi) is 8.33. The maximum absolute atomic E-state index is 13.4. The lowest BCUT2D eigenvalue weighted by Gasteiger charge is -2.23. The van der Waals surface area contributed by atoms with E-state index in [1.807, 2.05) is 0 Å². The number of hydrogen-bond donors (Lipinski definition) is 1. The van der Waals surface area contributed by atoms with Gasteiger partial charge in [0.25, 0.3) is 0 Å². The molecular weight excluding hydrogens is 578 g/mol. The van der Waals surface area contributed by atoms with Gasteiger partial charge in [-0.15, -0.1) is 0 Å². The summed E-state index contributed by atoms with van der Waals surface area (Å²) in [7, 11) is -4.67. The number of urea groups is 1. The van der Waals surface area contributed by atoms with Crippen LogP contribution in [-0.2, 0) is 35.6 Å². The standard InChI is InChI=1S/C27H20F6N2O5S/c28-26(29,30)19-7-4-10-22(15-19)41(37,38)40-20-8-3-6-18(14-20)16-35(17-21-9-5-13-39-21)25(36)34-24-12-2-1-11-23(24)27(31,32)33/h1-15H,16-17H2,(H,34,36). The molecule has 1 aromatic heterocycles. The van der Waals surface area contributed by atoms with Gasteiger partial charge in [0.2, 0.25) is 0 Å². The molecule has 4 rings (SSSR count). The Balaban J connectivity index is 1.57. The predicted octanol–water partition coefficient (Wildman–Crippen LogP) is 7.32. The van der Waals surface area contributed by atoms with Crippen molar-refractivity contribution in [2.75, 3.05) is 5.32 Å². The van der Waals surface area contributed by atoms with Gasteiger partial charge in [-0.2, -0.15) is 34.8 Å². The van der Waals surface area contributed by atoms with Crippen molar-refractivity contribution in [1.82, 2.24) is 4.90 Å². The van der Waals surface area contributed by atoms with Crippen molar-refractivity contribution < 1.29 is 48.2 Å². The highest BCUT2D eigenvalue weighted by molar-refractivity contribution is 7.87. The van der Waals surface area contributed by atoms with Crippen LogP contribution in [0, 0.1) is 0 Å². The minimum Gasteiger partial charge on any atom is -0.467 e. The van der Waals surface area contributed by atoms with Crippen molar-refractivity contribution in [2.24, 2.45) is 0 Å². The van der Waals surface area contributed by atoms with Crippen molar-refractivity contribution in [2.45, 2.75) is 30.3 Å². The molecule has 0 aliphatic heterocycles. The van der Waals surface area contributed by atoms with Crippen LogP contribution in [0.2, 0.25) is 0 Å². The second-order valence-electron chi connectivity index (χ2n) is 8.62. The van der Waals surface area contributed by atoms with Gasteiger partial charge in [0.1, 0.15) is 16.4 Å². The van der Waals surface area contributed by atoms with Crippen LogP contribution >= 0.6 is 0 Å². The molecule has 4 aromatic rings. The Hall–Kier alpha value is -4.46. The van der Waals surface area contributed by atoms with Gasteiger partial charge in [-0.3, -0.25) is 0 Å². The second kappa shape index (κ2) is 11.6. The number of halogens is 6. The molecule has 3 aromatic carbocycles. The average molecular weight is 599 g/mol. The Morgan fingerprint density at radius 1 is 0.829 bits per heavy atom. The van der Waals surface area contributed by atoms with E-state index in [0.717, 1.165) is 29.2 Å². The first-order valence-corrected chi connectivity index (χ1v) is 13.1. The number of benzene rings is 3. The van der Waals surface area contributed by atoms with Crippen LogP contribution < -0.4 is 9.50 Å². The van der Waals surface area contributed by atoms with Crippen molar-refractivity contribution in [3.63, 3.8) is 0 Å². The van der Waals surface area contributed by atoms with Crippen molar-refractivity contribution in [3.05, 3.63) is 114 Å². The molecule has 0 fully saturated rings. The van der Waals surface area contributed by atoms with Crippen LogP contribution in [-0.4, -0.2) is 19.3 Å². The second-order valence-corrected chi connectivity index (χ2v) is 10.2. The predicted molar refractivity (Wildman–Crippen MR) is 134 cm³/mol. The summed E-state index contributed by atoms with van der Waals surface area (Å²) in [6, 6.07) is 15.0. The van der Waals surface area contributed by atoms with E-state index in [1.54, 1.807) is 12.1 Å². The summed E-state index contributed by atoms with van der Waals surface area (Å²) in [5.41, 5.74) is -2.41. The minimum absolute atomic E-state index is 0.166. The summed E-state index contributed by atoms with van der Waals surface area (Å²) in [5, 5.41) is 2.25. The first-order valence-electron chi connectivity index (χ1n) is 11.7. The van der Waals surface area contributed by atoms with E-state index in [4.69, 9.17) is 8.60 Å². The topological polar surface area (TPSA) is 88.9 Å². The molecule has 1 heterocycles. The van der Waals surface area contributed by atoms with E-state index >= 15 is 0 Å². The van der Waals surface area contributed by atoms with E-state index < -0.39 is 50.2 Å². The monoisotopic (exact) mass is 598 g/mol. The van der Waals surface area contributed by atoms with Gasteiger partial charge in [-0.05, 0) is 60.2 Å². The van der Waals surface area contributed by atoms with Gasteiger partial charge in [0, 0.05) is 6.54 Å². The van der Waals surface area contributed by atoms with Crippen LogP contribution in [0.15, 0.2) is 101 Å². The summed E-state index contributed by atoms with van der Waals surface area (Å²) < 4.78 is 115. The summed E-state index contributed by atoms with van der Waals surface area (Å²) in [6.45, 7) is -0.401. The number of carbonyl (C=O) groups is 1. The average Bonchev–Trinajstić information content (AvgIpc) is 3.41. The highest BCUT2D eigenvalue weighted by Gasteiger charge is 2.34.